The van der Waals surface area contributed by atoms with Crippen molar-refractivity contribution in [3.63, 3.8) is 0 Å². The van der Waals surface area contributed by atoms with Gasteiger partial charge < -0.3 is 20.3 Å². The molecule has 2 bridgehead atoms. The second-order valence-electron chi connectivity index (χ2n) is 20.4. The number of allylic oxidation sites excluding steroid dienone is 1. The number of nitrogen functional groups attached to an aromatic ring is 1. The van der Waals surface area contributed by atoms with Crippen LogP contribution in [0, 0.1) is 62.6 Å². The van der Waals surface area contributed by atoms with E-state index in [0.717, 1.165) is 51.6 Å². The molecule has 4 aliphatic carbocycles. The number of carbonyl (C=O) groups is 1. The van der Waals surface area contributed by atoms with Gasteiger partial charge in [0.2, 0.25) is 0 Å². The molecule has 0 radical (unpaired) electrons. The molecule has 3 N–H and O–H groups in total. The highest BCUT2D eigenvalue weighted by Crippen LogP contribution is 2.75. The van der Waals surface area contributed by atoms with E-state index in [0.29, 0.717) is 49.4 Å². The van der Waals surface area contributed by atoms with Crippen molar-refractivity contribution >= 4 is 11.9 Å². The first-order valence-electron chi connectivity index (χ1n) is 20.8. The highest BCUT2D eigenvalue weighted by Gasteiger charge is 2.72. The summed E-state index contributed by atoms with van der Waals surface area (Å²) in [6.45, 7) is 27.5. The van der Waals surface area contributed by atoms with E-state index < -0.39 is 11.9 Å². The number of nitrogens with zero attached hydrogens (tertiary/aromatic N) is 5. The van der Waals surface area contributed by atoms with Crippen LogP contribution in [0.1, 0.15) is 133 Å². The van der Waals surface area contributed by atoms with E-state index >= 15 is 0 Å². The third-order valence-electron chi connectivity index (χ3n) is 17.7. The van der Waals surface area contributed by atoms with Gasteiger partial charge in [0, 0.05) is 16.4 Å². The number of aliphatic carboxylic acids is 1. The van der Waals surface area contributed by atoms with Crippen LogP contribution < -0.4 is 5.73 Å². The van der Waals surface area contributed by atoms with Gasteiger partial charge in [-0.25, -0.2) is 0 Å². The van der Waals surface area contributed by atoms with Crippen LogP contribution in [-0.2, 0) is 14.3 Å². The number of fused-ring (bicyclic) bond motifs is 3. The number of likely N-dealkylation sites (tertiary alicyclic amines) is 1. The number of hydrogen-bond donors (Lipinski definition) is 2. The Balaban J connectivity index is 1.29. The summed E-state index contributed by atoms with van der Waals surface area (Å²) < 4.78 is 14.2. The van der Waals surface area contributed by atoms with Crippen LogP contribution in [0.25, 0.3) is 0 Å². The van der Waals surface area contributed by atoms with Gasteiger partial charge in [0.25, 0.3) is 5.95 Å². The lowest BCUT2D eigenvalue weighted by Gasteiger charge is -2.71. The normalized spacial score (nSPS) is 43.9. The average molecular weight is 723 g/mol. The molecule has 2 aliphatic heterocycles. The third-order valence-corrected chi connectivity index (χ3v) is 17.7. The Labute approximate surface area is 313 Å². The van der Waals surface area contributed by atoms with Crippen LogP contribution in [0.5, 0.6) is 0 Å². The van der Waals surface area contributed by atoms with Crippen LogP contribution in [-0.4, -0.2) is 80.7 Å². The second-order valence-corrected chi connectivity index (χ2v) is 20.4. The van der Waals surface area contributed by atoms with Gasteiger partial charge in [-0.2, -0.15) is 4.80 Å². The Morgan fingerprint density at radius 1 is 1.06 bits per heavy atom. The molecule has 10 heteroatoms. The molecule has 7 rings (SSSR count). The van der Waals surface area contributed by atoms with Gasteiger partial charge in [-0.05, 0) is 122 Å². The summed E-state index contributed by atoms with van der Waals surface area (Å²) in [7, 11) is 0. The number of tetrazole rings is 1. The zero-order chi connectivity index (χ0) is 37.6. The number of anilines is 1. The Hall–Kier alpha value is -2.04. The van der Waals surface area contributed by atoms with Crippen LogP contribution in [0.2, 0.25) is 0 Å². The van der Waals surface area contributed by atoms with E-state index in [1.807, 2.05) is 0 Å². The molecule has 0 aromatic carbocycles. The lowest BCUT2D eigenvalue weighted by molar-refractivity contribution is -0.256. The molecule has 2 saturated heterocycles. The average Bonchev–Trinajstić information content (AvgIpc) is 3.53. The smallest absolute Gasteiger partial charge is 0.307 e. The number of hydrogen-bond acceptors (Lipinski definition) is 8. The van der Waals surface area contributed by atoms with Gasteiger partial charge in [-0.1, -0.05) is 85.5 Å². The number of carboxylic acids is 1. The molecule has 12 atom stereocenters. The van der Waals surface area contributed by atoms with Gasteiger partial charge in [0.15, 0.2) is 0 Å². The second kappa shape index (κ2) is 13.0. The highest BCUT2D eigenvalue weighted by atomic mass is 16.5. The molecule has 3 saturated carbocycles. The van der Waals surface area contributed by atoms with E-state index in [-0.39, 0.29) is 50.7 Å². The van der Waals surface area contributed by atoms with E-state index in [1.165, 1.54) is 24.8 Å². The fourth-order valence-corrected chi connectivity index (χ4v) is 13.8. The molecular weight excluding hydrogens is 653 g/mol. The van der Waals surface area contributed by atoms with Crippen molar-refractivity contribution in [2.45, 2.75) is 145 Å². The molecule has 6 aliphatic rings. The van der Waals surface area contributed by atoms with Crippen LogP contribution in [0.3, 0.4) is 0 Å². The molecule has 0 unspecified atom stereocenters. The van der Waals surface area contributed by atoms with Gasteiger partial charge in [-0.3, -0.25) is 9.69 Å². The summed E-state index contributed by atoms with van der Waals surface area (Å²) >= 11 is 0. The predicted molar refractivity (Wildman–Crippen MR) is 203 cm³/mol. The number of aromatic nitrogens is 4. The van der Waals surface area contributed by atoms with E-state index in [9.17, 15) is 9.90 Å². The molecule has 1 aromatic rings. The summed E-state index contributed by atoms with van der Waals surface area (Å²) in [5.41, 5.74) is 6.32. The Kier molecular flexibility index (Phi) is 9.58. The fraction of sp³-hybridized carbons (Fsp3) is 0.905. The maximum absolute atomic E-state index is 13.5. The monoisotopic (exact) mass is 723 g/mol. The van der Waals surface area contributed by atoms with E-state index in [1.54, 1.807) is 4.80 Å². The summed E-state index contributed by atoms with van der Waals surface area (Å²) in [5.74, 6) is 0.989. The highest BCUT2D eigenvalue weighted by molar-refractivity contribution is 5.73. The van der Waals surface area contributed by atoms with Gasteiger partial charge >= 0.3 is 5.97 Å². The minimum atomic E-state index is -0.619. The van der Waals surface area contributed by atoms with Crippen LogP contribution in [0.4, 0.5) is 5.95 Å². The van der Waals surface area contributed by atoms with Crippen molar-refractivity contribution in [1.29, 1.82) is 0 Å². The van der Waals surface area contributed by atoms with Crippen molar-refractivity contribution < 1.29 is 19.4 Å². The summed E-state index contributed by atoms with van der Waals surface area (Å²) in [4.78, 5) is 18.0. The number of rotatable bonds is 9. The lowest BCUT2D eigenvalue weighted by atomic mass is 9.34. The molecule has 292 valence electrons. The zero-order valence-corrected chi connectivity index (χ0v) is 34.1. The number of piperidine rings is 1. The largest absolute Gasteiger partial charge is 0.481 e. The first-order valence-corrected chi connectivity index (χ1v) is 20.8. The molecule has 5 fully saturated rings. The third kappa shape index (κ3) is 5.32. The minimum absolute atomic E-state index is 0.0912. The molecule has 52 heavy (non-hydrogen) atoms. The van der Waals surface area contributed by atoms with Crippen molar-refractivity contribution in [2.75, 3.05) is 38.6 Å². The number of carboxylic acid groups (broad SMARTS) is 1. The number of nitrogens with two attached hydrogens (primary N) is 1. The molecular formula is C42H70N6O4. The van der Waals surface area contributed by atoms with Gasteiger partial charge in [0.1, 0.15) is 6.04 Å². The molecule has 10 nitrogen and oxygen atoms in total. The van der Waals surface area contributed by atoms with E-state index in [2.05, 4.69) is 95.6 Å². The SMILES string of the molecule is CC(C)[C@@H](C)[C@@]1(C)CC[C@]2(C)[C@H]3CC[C@@H]4[C@@]5(COC[C@@]4(C)[C@@H](OC[C@](C)(C(C)C)N4CCCCC4)[C@H](n4nnc(N)n4)C5)C3=CC[C@@]2(C)[C@@H]1C(=O)O. The van der Waals surface area contributed by atoms with Crippen LogP contribution >= 0.6 is 0 Å². The van der Waals surface area contributed by atoms with Crippen molar-refractivity contribution in [3.05, 3.63) is 11.6 Å². The van der Waals surface area contributed by atoms with Crippen molar-refractivity contribution in [1.82, 2.24) is 25.1 Å². The topological polar surface area (TPSA) is 129 Å². The Morgan fingerprint density at radius 3 is 2.38 bits per heavy atom. The molecule has 3 heterocycles. The predicted octanol–water partition coefficient (Wildman–Crippen LogP) is 7.67. The molecule has 0 spiro atoms. The Bertz CT molecular complexity index is 1540. The summed E-state index contributed by atoms with van der Waals surface area (Å²) in [5, 5.41) is 24.5. The molecule has 1 aromatic heterocycles. The van der Waals surface area contributed by atoms with Crippen molar-refractivity contribution in [3.8, 4) is 0 Å². The van der Waals surface area contributed by atoms with Crippen molar-refractivity contribution in [2.24, 2.45) is 62.6 Å². The quantitative estimate of drug-likeness (QED) is 0.247. The number of ether oxygens (including phenoxy) is 2. The first kappa shape index (κ1) is 38.2. The Morgan fingerprint density at radius 2 is 1.77 bits per heavy atom. The van der Waals surface area contributed by atoms with Gasteiger partial charge in [-0.15, -0.1) is 5.10 Å². The standard InChI is InChI=1S/C42H70N6O4/c1-26(2)28(5)37(6)18-19-39(8)29-14-15-32-38(7)23-51-25-42(32,30(29)16-17-40(39,9)33(37)35(49)50)22-31(48-45-36(43)44-46-48)34(38)52-24-41(10,27(3)4)47-20-12-11-13-21-47/h16,26-29,31-34H,11-15,17-25H2,1-10H3,(H2,43,45)(H,49,50)/t28-,29+,31-,32+,33-,34+,37-,38-,39-,40+,41-,42+/m1/s1. The lowest BCUT2D eigenvalue weighted by Crippen LogP contribution is -2.69. The zero-order valence-electron chi connectivity index (χ0n) is 34.1. The fourth-order valence-electron chi connectivity index (χ4n) is 13.8. The minimum Gasteiger partial charge on any atom is -0.481 e. The maximum atomic E-state index is 13.5. The van der Waals surface area contributed by atoms with Gasteiger partial charge in [0.05, 0.1) is 31.8 Å². The maximum Gasteiger partial charge on any atom is 0.307 e. The van der Waals surface area contributed by atoms with Crippen LogP contribution in [0.15, 0.2) is 11.6 Å². The molecule has 0 amide bonds. The summed E-state index contributed by atoms with van der Waals surface area (Å²) in [6.07, 6.45) is 11.8. The first-order chi connectivity index (χ1) is 24.4. The summed E-state index contributed by atoms with van der Waals surface area (Å²) in [6, 6.07) is -0.151. The van der Waals surface area contributed by atoms with E-state index in [4.69, 9.17) is 15.2 Å².